The van der Waals surface area contributed by atoms with Gasteiger partial charge in [-0.15, -0.1) is 11.3 Å². The van der Waals surface area contributed by atoms with Crippen molar-refractivity contribution in [3.8, 4) is 0 Å². The van der Waals surface area contributed by atoms with Crippen LogP contribution in [0.5, 0.6) is 0 Å². The highest BCUT2D eigenvalue weighted by molar-refractivity contribution is 7.16. The molecule has 3 aromatic rings. The summed E-state index contributed by atoms with van der Waals surface area (Å²) in [7, 11) is 0. The van der Waals surface area contributed by atoms with Crippen LogP contribution in [-0.4, -0.2) is 10.9 Å². The number of carbonyl (C=O) groups excluding carboxylic acids is 1. The minimum atomic E-state index is -0.926. The molecule has 0 aliphatic carbocycles. The van der Waals surface area contributed by atoms with Crippen LogP contribution in [0.25, 0.3) is 10.2 Å². The third-order valence-electron chi connectivity index (χ3n) is 3.38. The second kappa shape index (κ2) is 5.81. The number of halogens is 2. The number of hydrogen-bond acceptors (Lipinski definition) is 3. The van der Waals surface area contributed by atoms with Crippen molar-refractivity contribution in [1.29, 1.82) is 0 Å². The Morgan fingerprint density at radius 1 is 1.18 bits per heavy atom. The largest absolute Gasteiger partial charge is 0.346 e. The molecule has 1 aromatic heterocycles. The number of fused-ring (bicyclic) bond motifs is 1. The van der Waals surface area contributed by atoms with Crippen LogP contribution in [0.3, 0.4) is 0 Å². The monoisotopic (exact) mass is 318 g/mol. The fourth-order valence-electron chi connectivity index (χ4n) is 2.14. The summed E-state index contributed by atoms with van der Waals surface area (Å²) in [5, 5.41) is 2.77. The first kappa shape index (κ1) is 14.6. The Bertz CT molecular complexity index is 847. The normalized spacial score (nSPS) is 12.3. The predicted octanol–water partition coefficient (Wildman–Crippen LogP) is 4.07. The molecule has 6 heteroatoms. The molecule has 0 saturated carbocycles. The fraction of sp³-hybridized carbons (Fsp3) is 0.125. The molecule has 0 radical (unpaired) electrons. The second-order valence-electron chi connectivity index (χ2n) is 4.90. The zero-order valence-electron chi connectivity index (χ0n) is 11.6. The van der Waals surface area contributed by atoms with Gasteiger partial charge in [-0.3, -0.25) is 4.79 Å². The van der Waals surface area contributed by atoms with Gasteiger partial charge in [0.15, 0.2) is 11.6 Å². The first-order valence-electron chi connectivity index (χ1n) is 6.63. The Kier molecular flexibility index (Phi) is 3.85. The number of aromatic nitrogens is 1. The average Bonchev–Trinajstić information content (AvgIpc) is 2.97. The van der Waals surface area contributed by atoms with Crippen LogP contribution in [0, 0.1) is 11.6 Å². The lowest BCUT2D eigenvalue weighted by Crippen LogP contribution is -2.26. The molecule has 0 aliphatic rings. The smallest absolute Gasteiger partial charge is 0.251 e. The van der Waals surface area contributed by atoms with E-state index in [-0.39, 0.29) is 5.91 Å². The van der Waals surface area contributed by atoms with Crippen molar-refractivity contribution >= 4 is 27.5 Å². The molecule has 0 fully saturated rings. The Hall–Kier alpha value is -2.34. The van der Waals surface area contributed by atoms with Crippen molar-refractivity contribution in [2.24, 2.45) is 0 Å². The predicted molar refractivity (Wildman–Crippen MR) is 81.9 cm³/mol. The first-order valence-corrected chi connectivity index (χ1v) is 7.51. The van der Waals surface area contributed by atoms with Gasteiger partial charge in [-0.1, -0.05) is 6.07 Å². The van der Waals surface area contributed by atoms with Crippen molar-refractivity contribution in [3.63, 3.8) is 0 Å². The molecular weight excluding hydrogens is 306 g/mol. The van der Waals surface area contributed by atoms with Crippen molar-refractivity contribution in [3.05, 3.63) is 64.7 Å². The van der Waals surface area contributed by atoms with Crippen molar-refractivity contribution < 1.29 is 13.6 Å². The quantitative estimate of drug-likeness (QED) is 0.791. The zero-order chi connectivity index (χ0) is 15.7. The van der Waals surface area contributed by atoms with E-state index in [4.69, 9.17) is 0 Å². The minimum absolute atomic E-state index is 0.271. The zero-order valence-corrected chi connectivity index (χ0v) is 12.5. The summed E-state index contributed by atoms with van der Waals surface area (Å²) in [6, 6.07) is 8.40. The van der Waals surface area contributed by atoms with E-state index in [0.29, 0.717) is 11.1 Å². The van der Waals surface area contributed by atoms with Crippen molar-refractivity contribution in [1.82, 2.24) is 10.3 Å². The lowest BCUT2D eigenvalue weighted by atomic mass is 10.1. The molecule has 3 nitrogen and oxygen atoms in total. The summed E-state index contributed by atoms with van der Waals surface area (Å²) in [5.41, 5.74) is 3.57. The summed E-state index contributed by atoms with van der Waals surface area (Å²) in [6.45, 7) is 1.72. The van der Waals surface area contributed by atoms with Gasteiger partial charge < -0.3 is 5.32 Å². The van der Waals surface area contributed by atoms with Gasteiger partial charge in [-0.25, -0.2) is 13.8 Å². The van der Waals surface area contributed by atoms with Gasteiger partial charge in [0.2, 0.25) is 0 Å². The number of nitrogens with zero attached hydrogens (tertiary/aromatic N) is 1. The molecule has 112 valence electrons. The Morgan fingerprint density at radius 3 is 2.77 bits per heavy atom. The SMILES string of the molecule is CC(NC(=O)c1ccc2ncsc2c1)c1ccc(F)c(F)c1. The number of thiazole rings is 1. The highest BCUT2D eigenvalue weighted by Crippen LogP contribution is 2.20. The van der Waals surface area contributed by atoms with Crippen LogP contribution < -0.4 is 5.32 Å². The van der Waals surface area contributed by atoms with E-state index >= 15 is 0 Å². The van der Waals surface area contributed by atoms with Crippen molar-refractivity contribution in [2.45, 2.75) is 13.0 Å². The fourth-order valence-corrected chi connectivity index (χ4v) is 2.86. The molecule has 22 heavy (non-hydrogen) atoms. The van der Waals surface area contributed by atoms with E-state index in [1.807, 2.05) is 0 Å². The molecular formula is C16H12F2N2OS. The second-order valence-corrected chi connectivity index (χ2v) is 5.79. The molecule has 0 saturated heterocycles. The summed E-state index contributed by atoms with van der Waals surface area (Å²) >= 11 is 1.46. The molecule has 1 N–H and O–H groups in total. The van der Waals surface area contributed by atoms with Gasteiger partial charge in [0.25, 0.3) is 5.91 Å². The molecule has 1 heterocycles. The third-order valence-corrected chi connectivity index (χ3v) is 4.18. The lowest BCUT2D eigenvalue weighted by molar-refractivity contribution is 0.0940. The van der Waals surface area contributed by atoms with E-state index in [0.717, 1.165) is 22.3 Å². The highest BCUT2D eigenvalue weighted by Gasteiger charge is 2.14. The number of hydrogen-bond donors (Lipinski definition) is 1. The number of amides is 1. The van der Waals surface area contributed by atoms with Gasteiger partial charge in [0, 0.05) is 5.56 Å². The Labute approximate surface area is 129 Å². The summed E-state index contributed by atoms with van der Waals surface area (Å²) in [6.07, 6.45) is 0. The van der Waals surface area contributed by atoms with E-state index < -0.39 is 17.7 Å². The van der Waals surface area contributed by atoms with Crippen molar-refractivity contribution in [2.75, 3.05) is 0 Å². The number of benzene rings is 2. The summed E-state index contributed by atoms with van der Waals surface area (Å²) in [4.78, 5) is 16.4. The topological polar surface area (TPSA) is 42.0 Å². The number of nitrogens with one attached hydrogen (secondary N) is 1. The maximum atomic E-state index is 13.2. The van der Waals surface area contributed by atoms with E-state index in [2.05, 4.69) is 10.3 Å². The van der Waals surface area contributed by atoms with Gasteiger partial charge >= 0.3 is 0 Å². The first-order chi connectivity index (χ1) is 10.5. The summed E-state index contributed by atoms with van der Waals surface area (Å²) in [5.74, 6) is -2.10. The van der Waals surface area contributed by atoms with Gasteiger partial charge in [-0.05, 0) is 42.8 Å². The van der Waals surface area contributed by atoms with Crippen LogP contribution >= 0.6 is 11.3 Å². The van der Waals surface area contributed by atoms with Crippen LogP contribution in [0.2, 0.25) is 0 Å². The maximum Gasteiger partial charge on any atom is 0.251 e. The van der Waals surface area contributed by atoms with Gasteiger partial charge in [0.05, 0.1) is 21.8 Å². The maximum absolute atomic E-state index is 13.2. The van der Waals surface area contributed by atoms with Crippen LogP contribution in [0.1, 0.15) is 28.9 Å². The lowest BCUT2D eigenvalue weighted by Gasteiger charge is -2.14. The average molecular weight is 318 g/mol. The van der Waals surface area contributed by atoms with Gasteiger partial charge in [-0.2, -0.15) is 0 Å². The van der Waals surface area contributed by atoms with E-state index in [9.17, 15) is 13.6 Å². The molecule has 3 rings (SSSR count). The van der Waals surface area contributed by atoms with E-state index in [1.165, 1.54) is 17.4 Å². The van der Waals surface area contributed by atoms with Gasteiger partial charge in [0.1, 0.15) is 0 Å². The molecule has 0 bridgehead atoms. The molecule has 0 spiro atoms. The summed E-state index contributed by atoms with van der Waals surface area (Å²) < 4.78 is 27.1. The third kappa shape index (κ3) is 2.82. The van der Waals surface area contributed by atoms with Crippen LogP contribution in [-0.2, 0) is 0 Å². The van der Waals surface area contributed by atoms with Crippen LogP contribution in [0.15, 0.2) is 41.9 Å². The minimum Gasteiger partial charge on any atom is -0.346 e. The molecule has 0 aliphatic heterocycles. The highest BCUT2D eigenvalue weighted by atomic mass is 32.1. The number of carbonyl (C=O) groups is 1. The Morgan fingerprint density at radius 2 is 2.00 bits per heavy atom. The number of rotatable bonds is 3. The molecule has 1 amide bonds. The van der Waals surface area contributed by atoms with Crippen LogP contribution in [0.4, 0.5) is 8.78 Å². The standard InChI is InChI=1S/C16H12F2N2OS/c1-9(10-2-4-12(17)13(18)6-10)20-16(21)11-3-5-14-15(7-11)22-8-19-14/h2-9H,1H3,(H,20,21). The molecule has 2 aromatic carbocycles. The Balaban J connectivity index is 1.78. The van der Waals surface area contributed by atoms with E-state index in [1.54, 1.807) is 30.6 Å². The molecule has 1 atom stereocenters. The molecule has 1 unspecified atom stereocenters.